The highest BCUT2D eigenvalue weighted by molar-refractivity contribution is 7.06. The van der Waals surface area contributed by atoms with Crippen LogP contribution >= 0.6 is 11.5 Å². The van der Waals surface area contributed by atoms with Crippen molar-refractivity contribution in [3.8, 4) is 0 Å². The van der Waals surface area contributed by atoms with Crippen LogP contribution in [0.1, 0.15) is 26.5 Å². The third-order valence-electron chi connectivity index (χ3n) is 3.64. The van der Waals surface area contributed by atoms with Crippen LogP contribution in [0.4, 0.5) is 13.2 Å². The van der Waals surface area contributed by atoms with Crippen LogP contribution < -0.4 is 5.69 Å². The molecule has 0 aliphatic rings. The summed E-state index contributed by atoms with van der Waals surface area (Å²) in [4.78, 5) is 28.0. The maximum Gasteiger partial charge on any atom is 0.416 e. The molecule has 3 aromatic rings. The minimum absolute atomic E-state index is 0.0278. The summed E-state index contributed by atoms with van der Waals surface area (Å²) in [5, 5.41) is 0.329. The van der Waals surface area contributed by atoms with Gasteiger partial charge in [0.2, 0.25) is 0 Å². The van der Waals surface area contributed by atoms with Gasteiger partial charge in [-0.25, -0.2) is 8.75 Å². The number of aromatic nitrogens is 2. The van der Waals surface area contributed by atoms with Crippen molar-refractivity contribution in [1.82, 2.24) is 8.94 Å². The molecule has 0 bridgehead atoms. The second-order valence-electron chi connectivity index (χ2n) is 5.58. The van der Waals surface area contributed by atoms with Crippen molar-refractivity contribution in [2.45, 2.75) is 19.1 Å². The standard InChI is InChI=1S/C18H13F3N2O2S/c19-18(20,21)14-8-4-5-12(9-14)11-23-17(25)22-16(26-23)10-15(24)13-6-2-1-3-7-13/h1-9H,10-11H2. The largest absolute Gasteiger partial charge is 0.416 e. The third-order valence-corrected chi connectivity index (χ3v) is 4.59. The molecule has 0 saturated heterocycles. The van der Waals surface area contributed by atoms with Gasteiger partial charge in [-0.3, -0.25) is 4.79 Å². The molecule has 0 aliphatic heterocycles. The van der Waals surface area contributed by atoms with Gasteiger partial charge in [0, 0.05) is 5.56 Å². The Labute approximate surface area is 150 Å². The van der Waals surface area contributed by atoms with Crippen molar-refractivity contribution in [3.63, 3.8) is 0 Å². The highest BCUT2D eigenvalue weighted by Crippen LogP contribution is 2.29. The van der Waals surface area contributed by atoms with E-state index in [-0.39, 0.29) is 18.7 Å². The van der Waals surface area contributed by atoms with Crippen LogP contribution in [0.25, 0.3) is 0 Å². The molecule has 0 atom stereocenters. The quantitative estimate of drug-likeness (QED) is 0.635. The molecular formula is C18H13F3N2O2S. The molecule has 2 aromatic carbocycles. The number of rotatable bonds is 5. The third kappa shape index (κ3) is 4.26. The Morgan fingerprint density at radius 2 is 1.81 bits per heavy atom. The first kappa shape index (κ1) is 18.1. The fourth-order valence-electron chi connectivity index (χ4n) is 2.40. The summed E-state index contributed by atoms with van der Waals surface area (Å²) in [7, 11) is 0. The highest BCUT2D eigenvalue weighted by atomic mass is 32.1. The lowest BCUT2D eigenvalue weighted by atomic mass is 10.1. The molecule has 0 saturated carbocycles. The fraction of sp³-hybridized carbons (Fsp3) is 0.167. The van der Waals surface area contributed by atoms with Crippen LogP contribution in [0.2, 0.25) is 0 Å². The van der Waals surface area contributed by atoms with Crippen molar-refractivity contribution >= 4 is 17.3 Å². The number of halogens is 3. The predicted octanol–water partition coefficient (Wildman–Crippen LogP) is 3.80. The number of Topliss-reactive ketones (excluding diaryl/α,β-unsaturated/α-hetero) is 1. The Hall–Kier alpha value is -2.74. The van der Waals surface area contributed by atoms with Crippen LogP contribution in [0.5, 0.6) is 0 Å². The second-order valence-corrected chi connectivity index (χ2v) is 6.67. The van der Waals surface area contributed by atoms with E-state index in [9.17, 15) is 22.8 Å². The van der Waals surface area contributed by atoms with E-state index in [4.69, 9.17) is 0 Å². The summed E-state index contributed by atoms with van der Waals surface area (Å²) in [5.74, 6) is -0.175. The number of alkyl halides is 3. The number of benzene rings is 2. The van der Waals surface area contributed by atoms with Crippen molar-refractivity contribution in [2.75, 3.05) is 0 Å². The molecule has 0 N–H and O–H groups in total. The minimum Gasteiger partial charge on any atom is -0.294 e. The molecule has 3 rings (SSSR count). The van der Waals surface area contributed by atoms with Gasteiger partial charge < -0.3 is 0 Å². The van der Waals surface area contributed by atoms with Crippen LogP contribution in [0, 0.1) is 0 Å². The average molecular weight is 378 g/mol. The maximum absolute atomic E-state index is 12.8. The van der Waals surface area contributed by atoms with Crippen LogP contribution in [0.3, 0.4) is 0 Å². The lowest BCUT2D eigenvalue weighted by molar-refractivity contribution is -0.137. The topological polar surface area (TPSA) is 52.0 Å². The summed E-state index contributed by atoms with van der Waals surface area (Å²) >= 11 is 0.982. The molecule has 1 aromatic heterocycles. The van der Waals surface area contributed by atoms with E-state index in [1.54, 1.807) is 30.3 Å². The smallest absolute Gasteiger partial charge is 0.294 e. The summed E-state index contributed by atoms with van der Waals surface area (Å²) in [6, 6.07) is 13.4. The summed E-state index contributed by atoms with van der Waals surface area (Å²) < 4.78 is 39.6. The van der Waals surface area contributed by atoms with E-state index in [1.165, 1.54) is 16.1 Å². The fourth-order valence-corrected chi connectivity index (χ4v) is 3.30. The van der Waals surface area contributed by atoms with E-state index < -0.39 is 17.4 Å². The molecule has 0 amide bonds. The molecule has 4 nitrogen and oxygen atoms in total. The molecule has 0 radical (unpaired) electrons. The van der Waals surface area contributed by atoms with Gasteiger partial charge in [0.15, 0.2) is 5.78 Å². The van der Waals surface area contributed by atoms with Gasteiger partial charge in [-0.05, 0) is 29.2 Å². The first-order valence-electron chi connectivity index (χ1n) is 7.64. The summed E-state index contributed by atoms with van der Waals surface area (Å²) in [5.41, 5.74) is -0.499. The van der Waals surface area contributed by atoms with Crippen LogP contribution in [0.15, 0.2) is 59.4 Å². The summed E-state index contributed by atoms with van der Waals surface area (Å²) in [6.45, 7) is -0.0278. The molecule has 0 spiro atoms. The molecular weight excluding hydrogens is 365 g/mol. The number of nitrogens with zero attached hydrogens (tertiary/aromatic N) is 2. The molecule has 1 heterocycles. The van der Waals surface area contributed by atoms with Crippen LogP contribution in [-0.4, -0.2) is 14.7 Å². The molecule has 8 heteroatoms. The lowest BCUT2D eigenvalue weighted by Gasteiger charge is -2.08. The Bertz CT molecular complexity index is 978. The van der Waals surface area contributed by atoms with E-state index in [2.05, 4.69) is 4.98 Å². The molecule has 0 aliphatic carbocycles. The first-order valence-corrected chi connectivity index (χ1v) is 8.42. The molecule has 0 unspecified atom stereocenters. The molecule has 26 heavy (non-hydrogen) atoms. The number of hydrogen-bond donors (Lipinski definition) is 0. The van der Waals surface area contributed by atoms with Gasteiger partial charge in [-0.1, -0.05) is 42.5 Å². The van der Waals surface area contributed by atoms with Crippen molar-refractivity contribution in [3.05, 3.63) is 86.8 Å². The van der Waals surface area contributed by atoms with Gasteiger partial charge in [0.05, 0.1) is 18.5 Å². The van der Waals surface area contributed by atoms with Crippen molar-refractivity contribution < 1.29 is 18.0 Å². The SMILES string of the molecule is O=C(Cc1nc(=O)n(Cc2cccc(C(F)(F)F)c2)s1)c1ccccc1. The van der Waals surface area contributed by atoms with E-state index in [0.717, 1.165) is 23.7 Å². The number of ketones is 1. The maximum atomic E-state index is 12.8. The van der Waals surface area contributed by atoms with Gasteiger partial charge in [0.1, 0.15) is 5.01 Å². The van der Waals surface area contributed by atoms with Gasteiger partial charge in [-0.15, -0.1) is 0 Å². The Kier molecular flexibility index (Phi) is 5.03. The normalized spacial score (nSPS) is 11.5. The first-order chi connectivity index (χ1) is 12.3. The van der Waals surface area contributed by atoms with E-state index in [0.29, 0.717) is 16.1 Å². The van der Waals surface area contributed by atoms with Gasteiger partial charge >= 0.3 is 11.9 Å². The highest BCUT2D eigenvalue weighted by Gasteiger charge is 2.30. The molecule has 134 valence electrons. The van der Waals surface area contributed by atoms with Gasteiger partial charge in [0.25, 0.3) is 0 Å². The number of carbonyl (C=O) groups excluding carboxylic acids is 1. The Morgan fingerprint density at radius 3 is 2.50 bits per heavy atom. The zero-order valence-electron chi connectivity index (χ0n) is 13.4. The van der Waals surface area contributed by atoms with Crippen LogP contribution in [-0.2, 0) is 19.1 Å². The monoisotopic (exact) mass is 378 g/mol. The van der Waals surface area contributed by atoms with E-state index in [1.807, 2.05) is 0 Å². The zero-order chi connectivity index (χ0) is 18.7. The number of hydrogen-bond acceptors (Lipinski definition) is 4. The zero-order valence-corrected chi connectivity index (χ0v) is 14.2. The van der Waals surface area contributed by atoms with Crippen molar-refractivity contribution in [1.29, 1.82) is 0 Å². The Balaban J connectivity index is 1.77. The van der Waals surface area contributed by atoms with Gasteiger partial charge in [-0.2, -0.15) is 18.2 Å². The second kappa shape index (κ2) is 7.25. The molecule has 0 fully saturated rings. The van der Waals surface area contributed by atoms with E-state index >= 15 is 0 Å². The van der Waals surface area contributed by atoms with Crippen molar-refractivity contribution in [2.24, 2.45) is 0 Å². The summed E-state index contributed by atoms with van der Waals surface area (Å²) in [6.07, 6.45) is -4.47. The Morgan fingerprint density at radius 1 is 1.08 bits per heavy atom. The minimum atomic E-state index is -4.44. The predicted molar refractivity (Wildman–Crippen MR) is 91.4 cm³/mol. The lowest BCUT2D eigenvalue weighted by Crippen LogP contribution is -2.16. The number of carbonyl (C=O) groups is 1. The average Bonchev–Trinajstić information content (AvgIpc) is 2.94.